The average Bonchev–Trinajstić information content (AvgIpc) is 2.37. The van der Waals surface area contributed by atoms with Gasteiger partial charge in [0.05, 0.1) is 18.5 Å². The van der Waals surface area contributed by atoms with Crippen LogP contribution in [0.15, 0.2) is 4.99 Å². The lowest BCUT2D eigenvalue weighted by Crippen LogP contribution is -2.30. The van der Waals surface area contributed by atoms with Crippen LogP contribution in [0.4, 0.5) is 0 Å². The molecular formula is C9H18N2O. The Hall–Kier alpha value is -0.570. The summed E-state index contributed by atoms with van der Waals surface area (Å²) in [6, 6.07) is 0.296. The summed E-state index contributed by atoms with van der Waals surface area (Å²) >= 11 is 0. The van der Waals surface area contributed by atoms with Crippen molar-refractivity contribution in [3.63, 3.8) is 0 Å². The van der Waals surface area contributed by atoms with E-state index in [4.69, 9.17) is 10.5 Å². The highest BCUT2D eigenvalue weighted by atomic mass is 16.5. The van der Waals surface area contributed by atoms with Crippen molar-refractivity contribution in [2.45, 2.75) is 33.2 Å². The molecule has 0 aromatic rings. The molecule has 0 amide bonds. The van der Waals surface area contributed by atoms with E-state index in [-0.39, 0.29) is 5.41 Å². The highest BCUT2D eigenvalue weighted by molar-refractivity contribution is 5.85. The van der Waals surface area contributed by atoms with Crippen molar-refractivity contribution in [2.75, 3.05) is 13.2 Å². The molecule has 1 aliphatic rings. The van der Waals surface area contributed by atoms with Crippen molar-refractivity contribution in [3.05, 3.63) is 0 Å². The topological polar surface area (TPSA) is 47.6 Å². The van der Waals surface area contributed by atoms with E-state index in [1.54, 1.807) is 0 Å². The zero-order chi connectivity index (χ0) is 9.19. The zero-order valence-corrected chi connectivity index (χ0v) is 8.13. The number of hydrogen-bond donors (Lipinski definition) is 1. The van der Waals surface area contributed by atoms with Crippen molar-refractivity contribution in [3.8, 4) is 0 Å². The van der Waals surface area contributed by atoms with Gasteiger partial charge in [-0.1, -0.05) is 20.8 Å². The second-order valence-electron chi connectivity index (χ2n) is 4.28. The molecule has 1 rings (SSSR count). The highest BCUT2D eigenvalue weighted by Crippen LogP contribution is 2.16. The zero-order valence-electron chi connectivity index (χ0n) is 8.13. The first-order chi connectivity index (χ1) is 5.50. The van der Waals surface area contributed by atoms with Crippen LogP contribution in [0, 0.1) is 5.41 Å². The summed E-state index contributed by atoms with van der Waals surface area (Å²) in [7, 11) is 0. The molecule has 1 saturated heterocycles. The first-order valence-electron chi connectivity index (χ1n) is 4.41. The fourth-order valence-corrected chi connectivity index (χ4v) is 1.01. The molecule has 1 atom stereocenters. The van der Waals surface area contributed by atoms with Gasteiger partial charge >= 0.3 is 0 Å². The number of amidine groups is 1. The number of hydrogen-bond acceptors (Lipinski definition) is 2. The molecule has 0 saturated carbocycles. The minimum absolute atomic E-state index is 0.0113. The third kappa shape index (κ3) is 2.48. The predicted octanol–water partition coefficient (Wildman–Crippen LogP) is 1.18. The molecule has 12 heavy (non-hydrogen) atoms. The molecule has 1 aliphatic heterocycles. The van der Waals surface area contributed by atoms with Gasteiger partial charge in [0.2, 0.25) is 0 Å². The molecule has 0 aromatic heterocycles. The lowest BCUT2D eigenvalue weighted by Gasteiger charge is -2.18. The van der Waals surface area contributed by atoms with Gasteiger partial charge in [-0.3, -0.25) is 4.99 Å². The van der Waals surface area contributed by atoms with Crippen molar-refractivity contribution in [1.82, 2.24) is 0 Å². The number of aliphatic imine (C=N–C) groups is 1. The normalized spacial score (nSPS) is 26.2. The van der Waals surface area contributed by atoms with Gasteiger partial charge in [-0.15, -0.1) is 0 Å². The van der Waals surface area contributed by atoms with Crippen LogP contribution in [-0.4, -0.2) is 25.1 Å². The fourth-order valence-electron chi connectivity index (χ4n) is 1.01. The van der Waals surface area contributed by atoms with E-state index >= 15 is 0 Å². The summed E-state index contributed by atoms with van der Waals surface area (Å²) in [5.41, 5.74) is 5.81. The second-order valence-corrected chi connectivity index (χ2v) is 4.28. The van der Waals surface area contributed by atoms with Gasteiger partial charge in [-0.2, -0.15) is 0 Å². The number of rotatable bonds is 1. The minimum Gasteiger partial charge on any atom is -0.387 e. The van der Waals surface area contributed by atoms with E-state index < -0.39 is 0 Å². The maximum atomic E-state index is 5.82. The van der Waals surface area contributed by atoms with Crippen molar-refractivity contribution < 1.29 is 4.74 Å². The van der Waals surface area contributed by atoms with Gasteiger partial charge < -0.3 is 10.5 Å². The predicted molar refractivity (Wildman–Crippen MR) is 50.3 cm³/mol. The van der Waals surface area contributed by atoms with Crippen LogP contribution >= 0.6 is 0 Å². The summed E-state index contributed by atoms with van der Waals surface area (Å²) in [5.74, 6) is 0.734. The molecule has 3 nitrogen and oxygen atoms in total. The molecule has 2 N–H and O–H groups in total. The molecule has 1 heterocycles. The number of nitrogens with two attached hydrogens (primary N) is 1. The van der Waals surface area contributed by atoms with Crippen molar-refractivity contribution in [2.24, 2.45) is 16.1 Å². The molecule has 70 valence electrons. The number of nitrogens with zero attached hydrogens (tertiary/aromatic N) is 1. The quantitative estimate of drug-likeness (QED) is 0.474. The maximum absolute atomic E-state index is 5.82. The van der Waals surface area contributed by atoms with Crippen LogP contribution in [0.2, 0.25) is 0 Å². The smallest absolute Gasteiger partial charge is 0.0995 e. The summed E-state index contributed by atoms with van der Waals surface area (Å²) in [5, 5.41) is 0. The standard InChI is InChI=1S/C9H18N2O/c1-9(2,3)8(10)11-7-4-5-12-6-7/h7H,4-6H2,1-3H3,(H2,10,11). The van der Waals surface area contributed by atoms with Crippen LogP contribution < -0.4 is 5.73 Å². The van der Waals surface area contributed by atoms with E-state index in [0.29, 0.717) is 6.04 Å². The lowest BCUT2D eigenvalue weighted by molar-refractivity contribution is 0.194. The van der Waals surface area contributed by atoms with Crippen LogP contribution in [0.5, 0.6) is 0 Å². The van der Waals surface area contributed by atoms with Gasteiger partial charge in [0, 0.05) is 12.0 Å². The number of ether oxygens (including phenoxy) is 1. The average molecular weight is 170 g/mol. The van der Waals surface area contributed by atoms with E-state index in [2.05, 4.69) is 25.8 Å². The Kier molecular flexibility index (Phi) is 2.73. The molecule has 0 aromatic carbocycles. The van der Waals surface area contributed by atoms with Gasteiger partial charge in [-0.05, 0) is 6.42 Å². The van der Waals surface area contributed by atoms with E-state index in [0.717, 1.165) is 25.5 Å². The summed E-state index contributed by atoms with van der Waals surface area (Å²) in [6.45, 7) is 7.77. The first-order valence-corrected chi connectivity index (χ1v) is 4.41. The van der Waals surface area contributed by atoms with E-state index in [9.17, 15) is 0 Å². The van der Waals surface area contributed by atoms with E-state index in [1.807, 2.05) is 0 Å². The lowest BCUT2D eigenvalue weighted by atomic mass is 9.95. The Balaban J connectivity index is 2.55. The third-order valence-electron chi connectivity index (χ3n) is 2.00. The van der Waals surface area contributed by atoms with Crippen LogP contribution in [0.3, 0.4) is 0 Å². The molecule has 0 bridgehead atoms. The molecule has 3 heteroatoms. The maximum Gasteiger partial charge on any atom is 0.0995 e. The summed E-state index contributed by atoms with van der Waals surface area (Å²) in [4.78, 5) is 4.42. The minimum atomic E-state index is -0.0113. The van der Waals surface area contributed by atoms with Gasteiger partial charge in [0.15, 0.2) is 0 Å². The SMILES string of the molecule is CC(C)(C)C(N)=NC1CCOC1. The molecule has 0 aliphatic carbocycles. The van der Waals surface area contributed by atoms with Crippen molar-refractivity contribution >= 4 is 5.84 Å². The second kappa shape index (κ2) is 3.44. The monoisotopic (exact) mass is 170 g/mol. The Bertz CT molecular complexity index is 175. The van der Waals surface area contributed by atoms with Gasteiger partial charge in [0.25, 0.3) is 0 Å². The molecule has 1 fully saturated rings. The summed E-state index contributed by atoms with van der Waals surface area (Å²) in [6.07, 6.45) is 1.01. The van der Waals surface area contributed by atoms with Crippen LogP contribution in [0.1, 0.15) is 27.2 Å². The van der Waals surface area contributed by atoms with Crippen LogP contribution in [-0.2, 0) is 4.74 Å². The van der Waals surface area contributed by atoms with Crippen LogP contribution in [0.25, 0.3) is 0 Å². The molecule has 0 radical (unpaired) electrons. The Labute approximate surface area is 74.0 Å². The highest BCUT2D eigenvalue weighted by Gasteiger charge is 2.20. The first kappa shape index (κ1) is 9.52. The molecular weight excluding hydrogens is 152 g/mol. The molecule has 1 unspecified atom stereocenters. The summed E-state index contributed by atoms with van der Waals surface area (Å²) < 4.78 is 5.21. The van der Waals surface area contributed by atoms with E-state index in [1.165, 1.54) is 0 Å². The van der Waals surface area contributed by atoms with Crippen molar-refractivity contribution in [1.29, 1.82) is 0 Å². The Morgan fingerprint density at radius 3 is 2.58 bits per heavy atom. The third-order valence-corrected chi connectivity index (χ3v) is 2.00. The fraction of sp³-hybridized carbons (Fsp3) is 0.889. The van der Waals surface area contributed by atoms with Gasteiger partial charge in [0.1, 0.15) is 0 Å². The Morgan fingerprint density at radius 2 is 2.17 bits per heavy atom. The van der Waals surface area contributed by atoms with Gasteiger partial charge in [-0.25, -0.2) is 0 Å². The Morgan fingerprint density at radius 1 is 1.50 bits per heavy atom. The largest absolute Gasteiger partial charge is 0.387 e. The molecule has 0 spiro atoms.